The molecule has 0 saturated carbocycles. The summed E-state index contributed by atoms with van der Waals surface area (Å²) in [6.45, 7) is 5.92. The zero-order valence-corrected chi connectivity index (χ0v) is 10.7. The fourth-order valence-corrected chi connectivity index (χ4v) is 1.65. The lowest BCUT2D eigenvalue weighted by atomic mass is 10.2. The number of aromatic nitrogens is 2. The number of anilines is 1. The van der Waals surface area contributed by atoms with Crippen molar-refractivity contribution in [3.8, 4) is 0 Å². The highest BCUT2D eigenvalue weighted by Gasteiger charge is 2.10. The van der Waals surface area contributed by atoms with Crippen molar-refractivity contribution in [1.29, 1.82) is 0 Å². The summed E-state index contributed by atoms with van der Waals surface area (Å²) in [6.07, 6.45) is 1.62. The average Bonchev–Trinajstić information content (AvgIpc) is 2.81. The van der Waals surface area contributed by atoms with E-state index in [1.165, 1.54) is 6.07 Å². The fourth-order valence-electron chi connectivity index (χ4n) is 1.65. The maximum absolute atomic E-state index is 11.5. The van der Waals surface area contributed by atoms with Gasteiger partial charge in [0.2, 0.25) is 0 Å². The number of hydrogen-bond donors (Lipinski definition) is 2. The molecule has 5 nitrogen and oxygen atoms in total. The van der Waals surface area contributed by atoms with E-state index in [4.69, 9.17) is 4.42 Å². The van der Waals surface area contributed by atoms with Crippen LogP contribution in [0.15, 0.2) is 33.7 Å². The van der Waals surface area contributed by atoms with Crippen LogP contribution in [0.25, 0.3) is 0 Å². The molecule has 0 amide bonds. The molecule has 0 spiro atoms. The van der Waals surface area contributed by atoms with Gasteiger partial charge in [-0.15, -0.1) is 0 Å². The lowest BCUT2D eigenvalue weighted by Crippen LogP contribution is -2.16. The molecule has 5 heteroatoms. The first-order chi connectivity index (χ1) is 8.56. The minimum atomic E-state index is -0.150. The van der Waals surface area contributed by atoms with Crippen molar-refractivity contribution in [3.05, 3.63) is 46.4 Å². The van der Waals surface area contributed by atoms with E-state index in [1.807, 2.05) is 32.9 Å². The quantitative estimate of drug-likeness (QED) is 0.871. The van der Waals surface area contributed by atoms with E-state index < -0.39 is 0 Å². The Balaban J connectivity index is 2.21. The van der Waals surface area contributed by atoms with Crippen molar-refractivity contribution < 1.29 is 4.42 Å². The SMILES string of the molecule is CC(C)c1nc(NC(C)c2ccco2)cc(=O)[nH]1. The summed E-state index contributed by atoms with van der Waals surface area (Å²) in [7, 11) is 0. The molecule has 96 valence electrons. The van der Waals surface area contributed by atoms with Gasteiger partial charge in [-0.25, -0.2) is 4.98 Å². The number of H-pyrrole nitrogens is 1. The Bertz CT molecular complexity index is 558. The van der Waals surface area contributed by atoms with Crippen molar-refractivity contribution >= 4 is 5.82 Å². The van der Waals surface area contributed by atoms with Gasteiger partial charge in [0.05, 0.1) is 12.3 Å². The van der Waals surface area contributed by atoms with Gasteiger partial charge in [0.25, 0.3) is 5.56 Å². The Kier molecular flexibility index (Phi) is 3.50. The molecule has 18 heavy (non-hydrogen) atoms. The Morgan fingerprint density at radius 2 is 2.17 bits per heavy atom. The number of nitrogens with one attached hydrogen (secondary N) is 2. The third kappa shape index (κ3) is 2.80. The lowest BCUT2D eigenvalue weighted by molar-refractivity contribution is 0.490. The first kappa shape index (κ1) is 12.4. The number of hydrogen-bond acceptors (Lipinski definition) is 4. The molecule has 0 aliphatic carbocycles. The summed E-state index contributed by atoms with van der Waals surface area (Å²) in [4.78, 5) is 18.6. The Labute approximate surface area is 105 Å². The minimum Gasteiger partial charge on any atom is -0.467 e. The van der Waals surface area contributed by atoms with Crippen LogP contribution in [0.3, 0.4) is 0 Å². The molecule has 0 fully saturated rings. The van der Waals surface area contributed by atoms with Crippen molar-refractivity contribution in [1.82, 2.24) is 9.97 Å². The standard InChI is InChI=1S/C13H17N3O2/c1-8(2)13-15-11(7-12(17)16-13)14-9(3)10-5-4-6-18-10/h4-9H,1-3H3,(H2,14,15,16,17). The normalized spacial score (nSPS) is 12.7. The van der Waals surface area contributed by atoms with Crippen LogP contribution in [0.5, 0.6) is 0 Å². The largest absolute Gasteiger partial charge is 0.467 e. The van der Waals surface area contributed by atoms with Crippen LogP contribution >= 0.6 is 0 Å². The molecule has 1 unspecified atom stereocenters. The van der Waals surface area contributed by atoms with E-state index in [0.29, 0.717) is 11.6 Å². The molecule has 2 rings (SSSR count). The molecule has 0 saturated heterocycles. The van der Waals surface area contributed by atoms with Crippen LogP contribution < -0.4 is 10.9 Å². The number of aromatic amines is 1. The smallest absolute Gasteiger partial charge is 0.252 e. The monoisotopic (exact) mass is 247 g/mol. The maximum Gasteiger partial charge on any atom is 0.252 e. The van der Waals surface area contributed by atoms with Gasteiger partial charge in [-0.2, -0.15) is 0 Å². The van der Waals surface area contributed by atoms with Crippen LogP contribution in [0.4, 0.5) is 5.82 Å². The molecule has 0 aliphatic rings. The molecular formula is C13H17N3O2. The summed E-state index contributed by atoms with van der Waals surface area (Å²) in [5.74, 6) is 2.23. The Hall–Kier alpha value is -2.04. The molecule has 2 aromatic rings. The van der Waals surface area contributed by atoms with E-state index in [-0.39, 0.29) is 17.5 Å². The van der Waals surface area contributed by atoms with Crippen LogP contribution in [-0.4, -0.2) is 9.97 Å². The van der Waals surface area contributed by atoms with Gasteiger partial charge >= 0.3 is 0 Å². The van der Waals surface area contributed by atoms with E-state index in [1.54, 1.807) is 6.26 Å². The molecule has 0 bridgehead atoms. The van der Waals surface area contributed by atoms with Gasteiger partial charge in [0.1, 0.15) is 17.4 Å². The molecular weight excluding hydrogens is 230 g/mol. The first-order valence-corrected chi connectivity index (χ1v) is 5.97. The highest BCUT2D eigenvalue weighted by atomic mass is 16.3. The van der Waals surface area contributed by atoms with Crippen molar-refractivity contribution in [2.24, 2.45) is 0 Å². The molecule has 2 N–H and O–H groups in total. The van der Waals surface area contributed by atoms with Gasteiger partial charge in [0, 0.05) is 12.0 Å². The van der Waals surface area contributed by atoms with Crippen LogP contribution in [-0.2, 0) is 0 Å². The van der Waals surface area contributed by atoms with Gasteiger partial charge in [-0.05, 0) is 19.1 Å². The second-order valence-corrected chi connectivity index (χ2v) is 4.55. The van der Waals surface area contributed by atoms with E-state index >= 15 is 0 Å². The summed E-state index contributed by atoms with van der Waals surface area (Å²) in [5.41, 5.74) is -0.150. The number of nitrogens with zero attached hydrogens (tertiary/aromatic N) is 1. The van der Waals surface area contributed by atoms with Crippen LogP contribution in [0.2, 0.25) is 0 Å². The van der Waals surface area contributed by atoms with Crippen molar-refractivity contribution in [2.45, 2.75) is 32.7 Å². The van der Waals surface area contributed by atoms with Crippen LogP contribution in [0, 0.1) is 0 Å². The Morgan fingerprint density at radius 1 is 1.39 bits per heavy atom. The zero-order chi connectivity index (χ0) is 13.1. The van der Waals surface area contributed by atoms with Crippen molar-refractivity contribution in [2.75, 3.05) is 5.32 Å². The molecule has 2 heterocycles. The summed E-state index contributed by atoms with van der Waals surface area (Å²) in [5, 5.41) is 3.16. The van der Waals surface area contributed by atoms with E-state index in [2.05, 4.69) is 15.3 Å². The second kappa shape index (κ2) is 5.08. The summed E-state index contributed by atoms with van der Waals surface area (Å²) >= 11 is 0. The van der Waals surface area contributed by atoms with E-state index in [0.717, 1.165) is 5.76 Å². The van der Waals surface area contributed by atoms with Gasteiger partial charge < -0.3 is 14.7 Å². The number of furan rings is 1. The van der Waals surface area contributed by atoms with Crippen LogP contribution in [0.1, 0.15) is 44.3 Å². The maximum atomic E-state index is 11.5. The lowest BCUT2D eigenvalue weighted by Gasteiger charge is -2.13. The molecule has 1 atom stereocenters. The van der Waals surface area contributed by atoms with Crippen molar-refractivity contribution in [3.63, 3.8) is 0 Å². The Morgan fingerprint density at radius 3 is 2.78 bits per heavy atom. The second-order valence-electron chi connectivity index (χ2n) is 4.55. The molecule has 0 radical (unpaired) electrons. The predicted molar refractivity (Wildman–Crippen MR) is 69.7 cm³/mol. The summed E-state index contributed by atoms with van der Waals surface area (Å²) in [6, 6.07) is 5.13. The predicted octanol–water partition coefficient (Wildman–Crippen LogP) is 2.66. The first-order valence-electron chi connectivity index (χ1n) is 5.97. The zero-order valence-electron chi connectivity index (χ0n) is 10.7. The third-order valence-electron chi connectivity index (χ3n) is 2.64. The van der Waals surface area contributed by atoms with E-state index in [9.17, 15) is 4.79 Å². The fraction of sp³-hybridized carbons (Fsp3) is 0.385. The van der Waals surface area contributed by atoms with Gasteiger partial charge in [-0.3, -0.25) is 4.79 Å². The third-order valence-corrected chi connectivity index (χ3v) is 2.64. The molecule has 0 aromatic carbocycles. The molecule has 2 aromatic heterocycles. The number of rotatable bonds is 4. The van der Waals surface area contributed by atoms with Gasteiger partial charge in [-0.1, -0.05) is 13.8 Å². The minimum absolute atomic E-state index is 0.0330. The van der Waals surface area contributed by atoms with Gasteiger partial charge in [0.15, 0.2) is 0 Å². The molecule has 0 aliphatic heterocycles. The summed E-state index contributed by atoms with van der Waals surface area (Å²) < 4.78 is 5.30. The average molecular weight is 247 g/mol. The highest BCUT2D eigenvalue weighted by Crippen LogP contribution is 2.18. The topological polar surface area (TPSA) is 70.9 Å². The highest BCUT2D eigenvalue weighted by molar-refractivity contribution is 5.35.